The first-order chi connectivity index (χ1) is 8.72. The highest BCUT2D eigenvalue weighted by molar-refractivity contribution is 5.21. The summed E-state index contributed by atoms with van der Waals surface area (Å²) < 4.78 is 27.2. The van der Waals surface area contributed by atoms with Crippen LogP contribution in [0.15, 0.2) is 24.5 Å². The van der Waals surface area contributed by atoms with E-state index in [-0.39, 0.29) is 18.0 Å². The van der Waals surface area contributed by atoms with Crippen molar-refractivity contribution >= 4 is 0 Å². The van der Waals surface area contributed by atoms with Crippen molar-refractivity contribution in [2.24, 2.45) is 0 Å². The molecule has 0 aliphatic rings. The van der Waals surface area contributed by atoms with Gasteiger partial charge in [-0.25, -0.2) is 13.8 Å². The minimum atomic E-state index is -0.544. The van der Waals surface area contributed by atoms with Gasteiger partial charge in [0.1, 0.15) is 23.8 Å². The van der Waals surface area contributed by atoms with Crippen LogP contribution in [0.25, 0.3) is 0 Å². The summed E-state index contributed by atoms with van der Waals surface area (Å²) in [5.41, 5.74) is 0.0554. The van der Waals surface area contributed by atoms with E-state index in [1.807, 2.05) is 6.92 Å². The Labute approximate surface area is 103 Å². The molecule has 0 aliphatic carbocycles. The third-order valence-electron chi connectivity index (χ3n) is 2.68. The molecule has 0 bridgehead atoms. The molecule has 1 heterocycles. The first kappa shape index (κ1) is 12.6. The average molecular weight is 252 g/mol. The highest BCUT2D eigenvalue weighted by Gasteiger charge is 2.18. The molecule has 18 heavy (non-hydrogen) atoms. The number of nitrogens with zero attached hydrogens (tertiary/aromatic N) is 2. The van der Waals surface area contributed by atoms with Crippen LogP contribution in [-0.4, -0.2) is 21.7 Å². The number of hydrogen-bond acceptors (Lipinski definition) is 3. The summed E-state index contributed by atoms with van der Waals surface area (Å²) in [5.74, 6) is -0.519. The smallest absolute Gasteiger partial charge is 0.141 e. The van der Waals surface area contributed by atoms with E-state index in [2.05, 4.69) is 20.5 Å². The van der Waals surface area contributed by atoms with Crippen molar-refractivity contribution in [1.29, 1.82) is 0 Å². The molecule has 0 fully saturated rings. The molecule has 0 saturated heterocycles. The molecule has 0 saturated carbocycles. The number of aromatic nitrogens is 3. The van der Waals surface area contributed by atoms with Gasteiger partial charge in [0.2, 0.25) is 0 Å². The van der Waals surface area contributed by atoms with Gasteiger partial charge in [-0.3, -0.25) is 5.10 Å². The number of halogens is 2. The summed E-state index contributed by atoms with van der Waals surface area (Å²) in [6.45, 7) is 2.59. The number of hydrogen-bond donors (Lipinski definition) is 2. The molecule has 6 heteroatoms. The fourth-order valence-corrected chi connectivity index (χ4v) is 1.83. The van der Waals surface area contributed by atoms with E-state index in [0.717, 1.165) is 0 Å². The van der Waals surface area contributed by atoms with E-state index >= 15 is 0 Å². The number of benzene rings is 1. The number of aromatic amines is 1. The molecule has 2 aromatic rings. The summed E-state index contributed by atoms with van der Waals surface area (Å²) in [7, 11) is 0. The first-order valence-corrected chi connectivity index (χ1v) is 5.74. The van der Waals surface area contributed by atoms with Crippen LogP contribution >= 0.6 is 0 Å². The van der Waals surface area contributed by atoms with Crippen LogP contribution in [0.3, 0.4) is 0 Å². The van der Waals surface area contributed by atoms with E-state index in [1.165, 1.54) is 24.5 Å². The van der Waals surface area contributed by atoms with Crippen LogP contribution in [0.5, 0.6) is 0 Å². The summed E-state index contributed by atoms with van der Waals surface area (Å²) in [5, 5.41) is 9.58. The fraction of sp³-hybridized carbons (Fsp3) is 0.333. The van der Waals surface area contributed by atoms with E-state index < -0.39 is 11.6 Å². The third kappa shape index (κ3) is 2.70. The van der Waals surface area contributed by atoms with Crippen molar-refractivity contribution in [3.63, 3.8) is 0 Å². The van der Waals surface area contributed by atoms with Gasteiger partial charge in [-0.05, 0) is 18.7 Å². The standard InChI is InChI=1S/C12H14F2N4/c1-2-15-11(12-16-7-17-18-12)6-8-9(13)4-3-5-10(8)14/h3-5,7,11,15H,2,6H2,1H3,(H,16,17,18). The van der Waals surface area contributed by atoms with Crippen LogP contribution in [0.1, 0.15) is 24.4 Å². The summed E-state index contributed by atoms with van der Waals surface area (Å²) in [6, 6.07) is 3.57. The molecule has 1 unspecified atom stereocenters. The normalized spacial score (nSPS) is 12.6. The lowest BCUT2D eigenvalue weighted by Gasteiger charge is -2.15. The van der Waals surface area contributed by atoms with Crippen molar-refractivity contribution in [2.75, 3.05) is 6.54 Å². The molecule has 0 amide bonds. The number of rotatable bonds is 5. The predicted octanol–water partition coefficient (Wildman–Crippen LogP) is 1.98. The third-order valence-corrected chi connectivity index (χ3v) is 2.68. The monoisotopic (exact) mass is 252 g/mol. The highest BCUT2D eigenvalue weighted by atomic mass is 19.1. The molecule has 0 radical (unpaired) electrons. The van der Waals surface area contributed by atoms with Crippen molar-refractivity contribution in [3.05, 3.63) is 47.5 Å². The van der Waals surface area contributed by atoms with E-state index in [1.54, 1.807) is 0 Å². The van der Waals surface area contributed by atoms with Gasteiger partial charge in [0.05, 0.1) is 6.04 Å². The lowest BCUT2D eigenvalue weighted by atomic mass is 10.0. The Kier molecular flexibility index (Phi) is 3.99. The second kappa shape index (κ2) is 5.68. The fourth-order valence-electron chi connectivity index (χ4n) is 1.83. The van der Waals surface area contributed by atoms with Gasteiger partial charge >= 0.3 is 0 Å². The van der Waals surface area contributed by atoms with Gasteiger partial charge in [0.15, 0.2) is 0 Å². The lowest BCUT2D eigenvalue weighted by molar-refractivity contribution is 0.485. The Hall–Kier alpha value is -1.82. The van der Waals surface area contributed by atoms with Crippen molar-refractivity contribution in [3.8, 4) is 0 Å². The molecule has 96 valence electrons. The Morgan fingerprint density at radius 3 is 2.61 bits per heavy atom. The summed E-state index contributed by atoms with van der Waals surface area (Å²) in [6.07, 6.45) is 1.55. The molecule has 0 aliphatic heterocycles. The quantitative estimate of drug-likeness (QED) is 0.855. The van der Waals surface area contributed by atoms with Gasteiger partial charge in [-0.2, -0.15) is 5.10 Å². The van der Waals surface area contributed by atoms with E-state index in [0.29, 0.717) is 12.4 Å². The Bertz CT molecular complexity index is 479. The Balaban J connectivity index is 2.24. The van der Waals surface area contributed by atoms with Gasteiger partial charge < -0.3 is 5.32 Å². The first-order valence-electron chi connectivity index (χ1n) is 5.74. The molecule has 2 N–H and O–H groups in total. The molecular formula is C12H14F2N4. The zero-order valence-electron chi connectivity index (χ0n) is 9.95. The van der Waals surface area contributed by atoms with Gasteiger partial charge in [-0.15, -0.1) is 0 Å². The number of H-pyrrole nitrogens is 1. The highest BCUT2D eigenvalue weighted by Crippen LogP contribution is 2.19. The minimum absolute atomic E-state index is 0.0554. The van der Waals surface area contributed by atoms with Crippen molar-refractivity contribution < 1.29 is 8.78 Å². The van der Waals surface area contributed by atoms with Crippen molar-refractivity contribution in [2.45, 2.75) is 19.4 Å². The maximum atomic E-state index is 13.6. The van der Waals surface area contributed by atoms with Crippen LogP contribution in [-0.2, 0) is 6.42 Å². The van der Waals surface area contributed by atoms with Crippen LogP contribution in [0.2, 0.25) is 0 Å². The summed E-state index contributed by atoms with van der Waals surface area (Å²) in [4.78, 5) is 4.02. The second-order valence-electron chi connectivity index (χ2n) is 3.89. The predicted molar refractivity (Wildman–Crippen MR) is 62.9 cm³/mol. The molecule has 1 aromatic heterocycles. The van der Waals surface area contributed by atoms with Crippen LogP contribution in [0.4, 0.5) is 8.78 Å². The maximum absolute atomic E-state index is 13.6. The molecule has 1 atom stereocenters. The van der Waals surface area contributed by atoms with E-state index in [4.69, 9.17) is 0 Å². The lowest BCUT2D eigenvalue weighted by Crippen LogP contribution is -2.25. The van der Waals surface area contributed by atoms with Crippen LogP contribution < -0.4 is 5.32 Å². The average Bonchev–Trinajstić information content (AvgIpc) is 2.86. The Morgan fingerprint density at radius 2 is 2.06 bits per heavy atom. The number of nitrogens with one attached hydrogen (secondary N) is 2. The Morgan fingerprint density at radius 1 is 1.33 bits per heavy atom. The SMILES string of the molecule is CCNC(Cc1c(F)cccc1F)c1ncn[nH]1. The molecule has 0 spiro atoms. The number of likely N-dealkylation sites (N-methyl/N-ethyl adjacent to an activating group) is 1. The molecule has 4 nitrogen and oxygen atoms in total. The zero-order chi connectivity index (χ0) is 13.0. The zero-order valence-corrected chi connectivity index (χ0v) is 9.95. The molecule has 1 aromatic carbocycles. The minimum Gasteiger partial charge on any atom is -0.307 e. The van der Waals surface area contributed by atoms with Gasteiger partial charge in [0.25, 0.3) is 0 Å². The maximum Gasteiger partial charge on any atom is 0.141 e. The second-order valence-corrected chi connectivity index (χ2v) is 3.89. The van der Waals surface area contributed by atoms with Crippen molar-refractivity contribution in [1.82, 2.24) is 20.5 Å². The largest absolute Gasteiger partial charge is 0.307 e. The topological polar surface area (TPSA) is 53.6 Å². The summed E-state index contributed by atoms with van der Waals surface area (Å²) >= 11 is 0. The van der Waals surface area contributed by atoms with Gasteiger partial charge in [0, 0.05) is 12.0 Å². The van der Waals surface area contributed by atoms with Gasteiger partial charge in [-0.1, -0.05) is 13.0 Å². The van der Waals surface area contributed by atoms with E-state index in [9.17, 15) is 8.78 Å². The molecule has 2 rings (SSSR count). The molecular weight excluding hydrogens is 238 g/mol. The van der Waals surface area contributed by atoms with Crippen LogP contribution in [0, 0.1) is 11.6 Å².